The second kappa shape index (κ2) is 4.30. The first-order chi connectivity index (χ1) is 7.96. The predicted molar refractivity (Wildman–Crippen MR) is 64.0 cm³/mol. The molecule has 0 atom stereocenters. The molecule has 0 bridgehead atoms. The molecule has 0 aliphatic rings. The molecule has 1 aromatic heterocycles. The van der Waals surface area contributed by atoms with E-state index in [1.807, 2.05) is 0 Å². The van der Waals surface area contributed by atoms with Crippen LogP contribution in [0.15, 0.2) is 30.5 Å². The van der Waals surface area contributed by atoms with E-state index in [0.717, 1.165) is 16.8 Å². The number of benzene rings is 1. The number of H-pyrrole nitrogens is 1. The van der Waals surface area contributed by atoms with Crippen molar-refractivity contribution in [1.82, 2.24) is 10.2 Å². The largest absolute Gasteiger partial charge is 0.390 e. The topological polar surface area (TPSA) is 48.9 Å². The summed E-state index contributed by atoms with van der Waals surface area (Å²) >= 11 is 0. The lowest BCUT2D eigenvalue weighted by atomic mass is 9.97. The van der Waals surface area contributed by atoms with Gasteiger partial charge in [-0.15, -0.1) is 0 Å². The van der Waals surface area contributed by atoms with Gasteiger partial charge in [0.15, 0.2) is 0 Å². The van der Waals surface area contributed by atoms with Crippen molar-refractivity contribution >= 4 is 0 Å². The lowest BCUT2D eigenvalue weighted by molar-refractivity contribution is 0.0811. The van der Waals surface area contributed by atoms with E-state index in [2.05, 4.69) is 10.2 Å². The van der Waals surface area contributed by atoms with Crippen molar-refractivity contribution in [3.05, 3.63) is 41.8 Å². The van der Waals surface area contributed by atoms with Crippen LogP contribution in [0.25, 0.3) is 11.3 Å². The Morgan fingerprint density at radius 3 is 2.53 bits per heavy atom. The first kappa shape index (κ1) is 11.8. The molecular formula is C13H15FN2O. The Hall–Kier alpha value is -1.68. The van der Waals surface area contributed by atoms with Gasteiger partial charge in [0.1, 0.15) is 5.82 Å². The maximum absolute atomic E-state index is 12.8. The van der Waals surface area contributed by atoms with Gasteiger partial charge in [-0.2, -0.15) is 5.10 Å². The second-order valence-corrected chi connectivity index (χ2v) is 4.77. The van der Waals surface area contributed by atoms with Gasteiger partial charge >= 0.3 is 0 Å². The normalized spacial score (nSPS) is 11.8. The zero-order valence-corrected chi connectivity index (χ0v) is 9.87. The van der Waals surface area contributed by atoms with Gasteiger partial charge in [-0.25, -0.2) is 4.39 Å². The van der Waals surface area contributed by atoms with Crippen LogP contribution < -0.4 is 0 Å². The average molecular weight is 234 g/mol. The van der Waals surface area contributed by atoms with E-state index >= 15 is 0 Å². The zero-order chi connectivity index (χ0) is 12.5. The van der Waals surface area contributed by atoms with Crippen molar-refractivity contribution in [3.63, 3.8) is 0 Å². The number of hydrogen-bond acceptors (Lipinski definition) is 2. The third-order valence-corrected chi connectivity index (χ3v) is 2.47. The molecule has 3 nitrogen and oxygen atoms in total. The monoisotopic (exact) mass is 234 g/mol. The number of hydrogen-bond donors (Lipinski definition) is 2. The highest BCUT2D eigenvalue weighted by atomic mass is 19.1. The van der Waals surface area contributed by atoms with Crippen LogP contribution >= 0.6 is 0 Å². The lowest BCUT2D eigenvalue weighted by Gasteiger charge is -2.16. The number of rotatable bonds is 3. The minimum atomic E-state index is -0.793. The molecule has 0 radical (unpaired) electrons. The molecule has 0 unspecified atom stereocenters. The SMILES string of the molecule is CC(C)(O)Cc1cn[nH]c1-c1ccc(F)cc1. The number of nitrogens with one attached hydrogen (secondary N) is 1. The minimum absolute atomic E-state index is 0.266. The van der Waals surface area contributed by atoms with Crippen molar-refractivity contribution in [2.75, 3.05) is 0 Å². The Bertz CT molecular complexity index is 497. The van der Waals surface area contributed by atoms with Gasteiger partial charge in [0.05, 0.1) is 17.5 Å². The molecule has 2 N–H and O–H groups in total. The molecule has 0 spiro atoms. The Balaban J connectivity index is 2.33. The van der Waals surface area contributed by atoms with Crippen LogP contribution in [-0.4, -0.2) is 20.9 Å². The number of aromatic nitrogens is 2. The molecule has 2 aromatic rings. The highest BCUT2D eigenvalue weighted by Crippen LogP contribution is 2.24. The Morgan fingerprint density at radius 1 is 1.29 bits per heavy atom. The molecular weight excluding hydrogens is 219 g/mol. The fourth-order valence-corrected chi connectivity index (χ4v) is 1.78. The van der Waals surface area contributed by atoms with Crippen LogP contribution in [0.5, 0.6) is 0 Å². The van der Waals surface area contributed by atoms with E-state index in [0.29, 0.717) is 6.42 Å². The van der Waals surface area contributed by atoms with E-state index in [-0.39, 0.29) is 5.82 Å². The lowest BCUT2D eigenvalue weighted by Crippen LogP contribution is -2.21. The van der Waals surface area contributed by atoms with Crippen molar-refractivity contribution in [2.24, 2.45) is 0 Å². The molecule has 2 rings (SSSR count). The Morgan fingerprint density at radius 2 is 1.94 bits per heavy atom. The van der Waals surface area contributed by atoms with E-state index in [1.165, 1.54) is 12.1 Å². The third-order valence-electron chi connectivity index (χ3n) is 2.47. The van der Waals surface area contributed by atoms with Crippen molar-refractivity contribution < 1.29 is 9.50 Å². The molecule has 90 valence electrons. The summed E-state index contributed by atoms with van der Waals surface area (Å²) in [4.78, 5) is 0. The minimum Gasteiger partial charge on any atom is -0.390 e. The van der Waals surface area contributed by atoms with Crippen molar-refractivity contribution in [1.29, 1.82) is 0 Å². The van der Waals surface area contributed by atoms with Crippen LogP contribution in [0.2, 0.25) is 0 Å². The average Bonchev–Trinajstić information content (AvgIpc) is 2.64. The predicted octanol–water partition coefficient (Wildman–Crippen LogP) is 2.53. The summed E-state index contributed by atoms with van der Waals surface area (Å²) < 4.78 is 12.8. The molecule has 0 fully saturated rings. The molecule has 0 aliphatic carbocycles. The highest BCUT2D eigenvalue weighted by Gasteiger charge is 2.17. The second-order valence-electron chi connectivity index (χ2n) is 4.77. The van der Waals surface area contributed by atoms with Crippen molar-refractivity contribution in [3.8, 4) is 11.3 Å². The van der Waals surface area contributed by atoms with E-state index in [4.69, 9.17) is 0 Å². The summed E-state index contributed by atoms with van der Waals surface area (Å²) in [5.41, 5.74) is 1.82. The summed E-state index contributed by atoms with van der Waals surface area (Å²) in [6.07, 6.45) is 2.19. The first-order valence-electron chi connectivity index (χ1n) is 5.46. The standard InChI is InChI=1S/C13H15FN2O/c1-13(2,17)7-10-8-15-16-12(10)9-3-5-11(14)6-4-9/h3-6,8,17H,7H2,1-2H3,(H,15,16). The van der Waals surface area contributed by atoms with Crippen LogP contribution in [0.1, 0.15) is 19.4 Å². The van der Waals surface area contributed by atoms with Crippen LogP contribution in [-0.2, 0) is 6.42 Å². The van der Waals surface area contributed by atoms with Gasteiger partial charge in [-0.1, -0.05) is 0 Å². The van der Waals surface area contributed by atoms with E-state index in [9.17, 15) is 9.50 Å². The fraction of sp³-hybridized carbons (Fsp3) is 0.308. The number of aromatic amines is 1. The summed E-state index contributed by atoms with van der Waals surface area (Å²) in [6.45, 7) is 3.49. The summed E-state index contributed by atoms with van der Waals surface area (Å²) in [6, 6.07) is 6.20. The molecule has 17 heavy (non-hydrogen) atoms. The van der Waals surface area contributed by atoms with Crippen LogP contribution in [0.4, 0.5) is 4.39 Å². The van der Waals surface area contributed by atoms with E-state index < -0.39 is 5.60 Å². The summed E-state index contributed by atoms with van der Waals surface area (Å²) in [5, 5.41) is 16.7. The first-order valence-corrected chi connectivity index (χ1v) is 5.46. The molecule has 0 saturated heterocycles. The Kier molecular flexibility index (Phi) is 2.98. The Labute approximate surface area is 99.3 Å². The van der Waals surface area contributed by atoms with E-state index in [1.54, 1.807) is 32.2 Å². The van der Waals surface area contributed by atoms with Gasteiger partial charge in [0.25, 0.3) is 0 Å². The molecule has 4 heteroatoms. The number of nitrogens with zero attached hydrogens (tertiary/aromatic N) is 1. The molecule has 0 amide bonds. The number of halogens is 1. The fourth-order valence-electron chi connectivity index (χ4n) is 1.78. The highest BCUT2D eigenvalue weighted by molar-refractivity contribution is 5.62. The summed E-state index contributed by atoms with van der Waals surface area (Å²) in [5.74, 6) is -0.266. The van der Waals surface area contributed by atoms with Gasteiger partial charge in [0.2, 0.25) is 0 Å². The maximum atomic E-state index is 12.8. The third kappa shape index (κ3) is 2.91. The van der Waals surface area contributed by atoms with Gasteiger partial charge in [0, 0.05) is 17.5 Å². The van der Waals surface area contributed by atoms with Crippen molar-refractivity contribution in [2.45, 2.75) is 25.9 Å². The number of aliphatic hydroxyl groups is 1. The van der Waals surface area contributed by atoms with Crippen LogP contribution in [0, 0.1) is 5.82 Å². The molecule has 0 saturated carbocycles. The maximum Gasteiger partial charge on any atom is 0.123 e. The van der Waals surface area contributed by atoms with Gasteiger partial charge in [-0.3, -0.25) is 5.10 Å². The molecule has 0 aliphatic heterocycles. The van der Waals surface area contributed by atoms with Crippen LogP contribution in [0.3, 0.4) is 0 Å². The van der Waals surface area contributed by atoms with Gasteiger partial charge < -0.3 is 5.11 Å². The quantitative estimate of drug-likeness (QED) is 0.857. The smallest absolute Gasteiger partial charge is 0.123 e. The van der Waals surface area contributed by atoms with Gasteiger partial charge in [-0.05, 0) is 38.1 Å². The summed E-state index contributed by atoms with van der Waals surface area (Å²) in [7, 11) is 0. The zero-order valence-electron chi connectivity index (χ0n) is 9.87. The molecule has 1 heterocycles. The molecule has 1 aromatic carbocycles.